The number of rotatable bonds is 5. The zero-order chi connectivity index (χ0) is 15.2. The van der Waals surface area contributed by atoms with Crippen LogP contribution in [0.15, 0.2) is 42.5 Å². The molecular weight excluding hydrogens is 272 g/mol. The number of carbonyl (C=O) groups is 1. The van der Waals surface area contributed by atoms with Crippen molar-refractivity contribution in [3.05, 3.63) is 48.0 Å². The standard InChI is InChI=1S/C16H16O5/c1-18-12-9-10-13(21-20-3)15(16(17)19-2)14(12)11-7-5-4-6-8-11/h4-10H,1-3H3. The van der Waals surface area contributed by atoms with E-state index in [9.17, 15) is 4.79 Å². The highest BCUT2D eigenvalue weighted by molar-refractivity contribution is 6.01. The minimum Gasteiger partial charge on any atom is -0.496 e. The minimum absolute atomic E-state index is 0.255. The predicted octanol–water partition coefficient (Wildman–Crippen LogP) is 3.09. The van der Waals surface area contributed by atoms with Crippen LogP contribution in [0.3, 0.4) is 0 Å². The lowest BCUT2D eigenvalue weighted by Crippen LogP contribution is -2.08. The molecule has 0 radical (unpaired) electrons. The molecule has 0 N–H and O–H groups in total. The molecule has 5 heteroatoms. The molecule has 0 fully saturated rings. The Kier molecular flexibility index (Phi) is 4.79. The molecule has 0 spiro atoms. The van der Waals surface area contributed by atoms with E-state index in [1.807, 2.05) is 30.3 Å². The average Bonchev–Trinajstić information content (AvgIpc) is 2.54. The third-order valence-corrected chi connectivity index (χ3v) is 2.97. The first-order chi connectivity index (χ1) is 10.2. The molecule has 0 amide bonds. The molecule has 0 heterocycles. The molecule has 0 unspecified atom stereocenters. The van der Waals surface area contributed by atoms with Gasteiger partial charge in [0.2, 0.25) is 0 Å². The van der Waals surface area contributed by atoms with Gasteiger partial charge in [0.1, 0.15) is 11.3 Å². The first kappa shape index (κ1) is 14.9. The fraction of sp³-hybridized carbons (Fsp3) is 0.188. The maximum atomic E-state index is 12.2. The van der Waals surface area contributed by atoms with Gasteiger partial charge in [0.25, 0.3) is 0 Å². The van der Waals surface area contributed by atoms with Crippen LogP contribution >= 0.6 is 0 Å². The topological polar surface area (TPSA) is 54.0 Å². The second-order valence-corrected chi connectivity index (χ2v) is 4.12. The van der Waals surface area contributed by atoms with Crippen LogP contribution in [0.5, 0.6) is 11.5 Å². The summed E-state index contributed by atoms with van der Waals surface area (Å²) < 4.78 is 10.2. The van der Waals surface area contributed by atoms with E-state index >= 15 is 0 Å². The lowest BCUT2D eigenvalue weighted by atomic mass is 9.97. The zero-order valence-corrected chi connectivity index (χ0v) is 12.1. The molecule has 0 aliphatic carbocycles. The van der Waals surface area contributed by atoms with Gasteiger partial charge < -0.3 is 14.4 Å². The van der Waals surface area contributed by atoms with Crippen molar-refractivity contribution in [2.24, 2.45) is 0 Å². The van der Waals surface area contributed by atoms with Crippen LogP contribution < -0.4 is 9.62 Å². The molecule has 0 bridgehead atoms. The van der Waals surface area contributed by atoms with Gasteiger partial charge in [0.05, 0.1) is 21.3 Å². The molecule has 21 heavy (non-hydrogen) atoms. The van der Waals surface area contributed by atoms with Gasteiger partial charge in [-0.15, -0.1) is 0 Å². The molecule has 5 nitrogen and oxygen atoms in total. The van der Waals surface area contributed by atoms with E-state index in [-0.39, 0.29) is 11.3 Å². The van der Waals surface area contributed by atoms with Crippen LogP contribution in [0.25, 0.3) is 11.1 Å². The zero-order valence-electron chi connectivity index (χ0n) is 12.1. The van der Waals surface area contributed by atoms with Crippen molar-refractivity contribution >= 4 is 5.97 Å². The van der Waals surface area contributed by atoms with Crippen LogP contribution in [0.1, 0.15) is 10.4 Å². The highest BCUT2D eigenvalue weighted by atomic mass is 17.2. The van der Waals surface area contributed by atoms with E-state index in [2.05, 4.69) is 4.89 Å². The van der Waals surface area contributed by atoms with Crippen LogP contribution in [-0.2, 0) is 9.62 Å². The number of hydrogen-bond donors (Lipinski definition) is 0. The van der Waals surface area contributed by atoms with Crippen molar-refractivity contribution in [2.75, 3.05) is 21.3 Å². The summed E-state index contributed by atoms with van der Waals surface area (Å²) in [5.41, 5.74) is 1.67. The molecule has 0 saturated heterocycles. The summed E-state index contributed by atoms with van der Waals surface area (Å²) in [6.45, 7) is 0. The van der Waals surface area contributed by atoms with Crippen molar-refractivity contribution in [3.8, 4) is 22.6 Å². The quantitative estimate of drug-likeness (QED) is 0.481. The summed E-state index contributed by atoms with van der Waals surface area (Å²) in [4.78, 5) is 21.9. The second-order valence-electron chi connectivity index (χ2n) is 4.12. The van der Waals surface area contributed by atoms with Gasteiger partial charge in [-0.25, -0.2) is 4.79 Å². The van der Waals surface area contributed by atoms with Gasteiger partial charge in [-0.05, 0) is 17.7 Å². The molecule has 2 rings (SSSR count). The van der Waals surface area contributed by atoms with Crippen molar-refractivity contribution < 1.29 is 24.0 Å². The smallest absolute Gasteiger partial charge is 0.342 e. The number of methoxy groups -OCH3 is 2. The minimum atomic E-state index is -0.528. The largest absolute Gasteiger partial charge is 0.496 e. The van der Waals surface area contributed by atoms with Gasteiger partial charge in [-0.1, -0.05) is 30.3 Å². The molecule has 2 aromatic carbocycles. The normalized spacial score (nSPS) is 10.0. The highest BCUT2D eigenvalue weighted by Crippen LogP contribution is 2.39. The third kappa shape index (κ3) is 2.98. The van der Waals surface area contributed by atoms with Gasteiger partial charge in [-0.2, -0.15) is 4.89 Å². The van der Waals surface area contributed by atoms with Gasteiger partial charge in [0.15, 0.2) is 5.75 Å². The van der Waals surface area contributed by atoms with Crippen molar-refractivity contribution in [1.82, 2.24) is 0 Å². The molecule has 0 aliphatic rings. The number of carbonyl (C=O) groups excluding carboxylic acids is 1. The van der Waals surface area contributed by atoms with Gasteiger partial charge >= 0.3 is 5.97 Å². The van der Waals surface area contributed by atoms with Gasteiger partial charge in [-0.3, -0.25) is 0 Å². The van der Waals surface area contributed by atoms with E-state index in [1.54, 1.807) is 19.2 Å². The van der Waals surface area contributed by atoms with Crippen LogP contribution in [0, 0.1) is 0 Å². The maximum absolute atomic E-state index is 12.2. The van der Waals surface area contributed by atoms with E-state index < -0.39 is 5.97 Å². The molecule has 2 aromatic rings. The summed E-state index contributed by atoms with van der Waals surface area (Å²) in [6.07, 6.45) is 0. The summed E-state index contributed by atoms with van der Waals surface area (Å²) >= 11 is 0. The lowest BCUT2D eigenvalue weighted by Gasteiger charge is -2.15. The molecule has 0 aliphatic heterocycles. The Balaban J connectivity index is 2.74. The van der Waals surface area contributed by atoms with E-state index in [1.165, 1.54) is 14.2 Å². The average molecular weight is 288 g/mol. The maximum Gasteiger partial charge on any atom is 0.342 e. The van der Waals surface area contributed by atoms with Crippen LogP contribution in [0.4, 0.5) is 0 Å². The number of ether oxygens (including phenoxy) is 2. The van der Waals surface area contributed by atoms with Gasteiger partial charge in [0, 0.05) is 5.56 Å². The summed E-state index contributed by atoms with van der Waals surface area (Å²) in [5, 5.41) is 0. The Morgan fingerprint density at radius 3 is 2.14 bits per heavy atom. The van der Waals surface area contributed by atoms with Crippen molar-refractivity contribution in [3.63, 3.8) is 0 Å². The molecular formula is C16H16O5. The number of esters is 1. The first-order valence-corrected chi connectivity index (χ1v) is 6.28. The Hall–Kier alpha value is -2.53. The van der Waals surface area contributed by atoms with Crippen molar-refractivity contribution in [2.45, 2.75) is 0 Å². The highest BCUT2D eigenvalue weighted by Gasteiger charge is 2.24. The predicted molar refractivity (Wildman–Crippen MR) is 77.4 cm³/mol. The monoisotopic (exact) mass is 288 g/mol. The Labute approximate surface area is 122 Å². The SMILES string of the molecule is COOc1ccc(OC)c(-c2ccccc2)c1C(=O)OC. The van der Waals surface area contributed by atoms with E-state index in [0.29, 0.717) is 11.3 Å². The number of hydrogen-bond acceptors (Lipinski definition) is 5. The summed E-state index contributed by atoms with van der Waals surface area (Å²) in [7, 11) is 4.22. The van der Waals surface area contributed by atoms with E-state index in [4.69, 9.17) is 14.4 Å². The second kappa shape index (κ2) is 6.76. The summed E-state index contributed by atoms with van der Waals surface area (Å²) in [6, 6.07) is 12.7. The van der Waals surface area contributed by atoms with Crippen molar-refractivity contribution in [1.29, 1.82) is 0 Å². The Morgan fingerprint density at radius 2 is 1.57 bits per heavy atom. The lowest BCUT2D eigenvalue weighted by molar-refractivity contribution is -0.178. The van der Waals surface area contributed by atoms with Crippen LogP contribution in [0.2, 0.25) is 0 Å². The number of benzene rings is 2. The van der Waals surface area contributed by atoms with E-state index in [0.717, 1.165) is 5.56 Å². The summed E-state index contributed by atoms with van der Waals surface area (Å²) in [5.74, 6) is 0.286. The molecule has 0 aromatic heterocycles. The third-order valence-electron chi connectivity index (χ3n) is 2.97. The Morgan fingerprint density at radius 1 is 0.905 bits per heavy atom. The molecule has 0 atom stereocenters. The fourth-order valence-electron chi connectivity index (χ4n) is 2.09. The molecule has 110 valence electrons. The fourth-order valence-corrected chi connectivity index (χ4v) is 2.09. The Bertz CT molecular complexity index is 622. The first-order valence-electron chi connectivity index (χ1n) is 6.28. The molecule has 0 saturated carbocycles. The van der Waals surface area contributed by atoms with Crippen LogP contribution in [-0.4, -0.2) is 27.3 Å².